The topological polar surface area (TPSA) is 12.9 Å². The average molecular weight is 261 g/mol. The van der Waals surface area contributed by atoms with E-state index in [1.54, 1.807) is 0 Å². The Kier molecular flexibility index (Phi) is 3.90. The van der Waals surface area contributed by atoms with Crippen LogP contribution in [0.5, 0.6) is 0 Å². The fraction of sp³-hybridized carbons (Fsp3) is 0.444. The van der Waals surface area contributed by atoms with Crippen LogP contribution >= 0.6 is 33.1 Å². The Morgan fingerprint density at radius 1 is 1.64 bits per heavy atom. The molecule has 1 aliphatic carbocycles. The van der Waals surface area contributed by atoms with Crippen LogP contribution in [0.2, 0.25) is 0 Å². The summed E-state index contributed by atoms with van der Waals surface area (Å²) >= 11 is 0. The van der Waals surface area contributed by atoms with E-state index in [1.807, 2.05) is 6.20 Å². The zero-order valence-corrected chi connectivity index (χ0v) is 12.3. The molecule has 0 aliphatic heterocycles. The first-order valence-corrected chi connectivity index (χ1v) is 11.4. The lowest BCUT2D eigenvalue weighted by molar-refractivity contribution is 0.747. The highest BCUT2D eigenvalue weighted by atomic mass is 32.6. The maximum Gasteiger partial charge on any atom is 0.0470 e. The molecule has 6 atom stereocenters. The lowest BCUT2D eigenvalue weighted by Gasteiger charge is -2.21. The fourth-order valence-corrected chi connectivity index (χ4v) is 7.59. The molecule has 5 heteroatoms. The summed E-state index contributed by atoms with van der Waals surface area (Å²) in [6.45, 7) is 2.33. The Bertz CT molecular complexity index is 330. The van der Waals surface area contributed by atoms with E-state index in [0.29, 0.717) is 5.92 Å². The molecule has 0 N–H and O–H groups in total. The Labute approximate surface area is 92.9 Å². The molecule has 1 heterocycles. The second-order valence-corrected chi connectivity index (χ2v) is 13.2. The molecule has 0 amide bonds. The van der Waals surface area contributed by atoms with Crippen LogP contribution in [0.4, 0.5) is 0 Å². The van der Waals surface area contributed by atoms with Gasteiger partial charge in [0.2, 0.25) is 0 Å². The van der Waals surface area contributed by atoms with Crippen LogP contribution in [-0.2, 0) is 6.42 Å². The van der Waals surface area contributed by atoms with E-state index in [9.17, 15) is 0 Å². The van der Waals surface area contributed by atoms with Crippen LogP contribution in [0.15, 0.2) is 18.3 Å². The van der Waals surface area contributed by atoms with Crippen LogP contribution in [0.3, 0.4) is 0 Å². The molecular formula is C9H15NP4. The van der Waals surface area contributed by atoms with Crippen molar-refractivity contribution in [1.82, 2.24) is 4.98 Å². The van der Waals surface area contributed by atoms with E-state index in [0.717, 1.165) is 13.6 Å². The highest BCUT2D eigenvalue weighted by Crippen LogP contribution is 2.72. The normalized spacial score (nSPS) is 28.2. The van der Waals surface area contributed by atoms with Crippen molar-refractivity contribution in [2.45, 2.75) is 24.9 Å². The van der Waals surface area contributed by atoms with Gasteiger partial charge in [0, 0.05) is 17.8 Å². The number of nitrogens with zero attached hydrogens (tertiary/aromatic N) is 1. The summed E-state index contributed by atoms with van der Waals surface area (Å²) < 4.78 is 0. The Morgan fingerprint density at radius 3 is 3.07 bits per heavy atom. The Morgan fingerprint density at radius 2 is 2.43 bits per heavy atom. The van der Waals surface area contributed by atoms with E-state index in [-0.39, 0.29) is 7.30 Å². The summed E-state index contributed by atoms with van der Waals surface area (Å²) in [6.07, 6.45) is 3.16. The summed E-state index contributed by atoms with van der Waals surface area (Å²) in [7, 11) is 7.04. The number of pyridine rings is 1. The molecule has 6 unspecified atom stereocenters. The van der Waals surface area contributed by atoms with Crippen LogP contribution in [-0.4, -0.2) is 10.6 Å². The van der Waals surface area contributed by atoms with Crippen LogP contribution in [0.1, 0.15) is 24.1 Å². The smallest absolute Gasteiger partial charge is 0.0470 e. The number of rotatable bonds is 2. The number of aromatic nitrogens is 1. The van der Waals surface area contributed by atoms with Crippen molar-refractivity contribution in [3.8, 4) is 0 Å². The zero-order valence-electron chi connectivity index (χ0n) is 8.14. The van der Waals surface area contributed by atoms with Crippen molar-refractivity contribution in [1.29, 1.82) is 0 Å². The van der Waals surface area contributed by atoms with E-state index in [1.165, 1.54) is 17.7 Å². The maximum atomic E-state index is 4.50. The van der Waals surface area contributed by atoms with Gasteiger partial charge in [-0.05, 0) is 23.7 Å². The standard InChI is InChI=1S/C9H15NP4/c1-6-8(14(12)13-11)5-7-3-2-4-10-9(6)7/h2-4,6,8,13H,5,11-12H2,1H3. The molecule has 0 radical (unpaired) electrons. The van der Waals surface area contributed by atoms with Crippen molar-refractivity contribution in [3.63, 3.8) is 0 Å². The molecule has 76 valence electrons. The number of hydrogen-bond donors (Lipinski definition) is 0. The van der Waals surface area contributed by atoms with E-state index in [4.69, 9.17) is 0 Å². The molecule has 0 aromatic carbocycles. The van der Waals surface area contributed by atoms with Crippen molar-refractivity contribution in [2.75, 3.05) is 0 Å². The second kappa shape index (κ2) is 4.80. The van der Waals surface area contributed by atoms with Crippen molar-refractivity contribution in [3.05, 3.63) is 29.6 Å². The van der Waals surface area contributed by atoms with Gasteiger partial charge >= 0.3 is 0 Å². The van der Waals surface area contributed by atoms with Gasteiger partial charge in [-0.2, -0.15) is 0 Å². The minimum atomic E-state index is 0.102. The summed E-state index contributed by atoms with van der Waals surface area (Å²) in [5.74, 6) is 0.655. The lowest BCUT2D eigenvalue weighted by atomic mass is 10.1. The van der Waals surface area contributed by atoms with Crippen molar-refractivity contribution >= 4 is 33.1 Å². The summed E-state index contributed by atoms with van der Waals surface area (Å²) in [5, 5.41) is 0. The van der Waals surface area contributed by atoms with E-state index < -0.39 is 0 Å². The molecule has 0 saturated heterocycles. The Hall–Kier alpha value is 0.870. The summed E-state index contributed by atoms with van der Waals surface area (Å²) in [6, 6.07) is 4.29. The van der Waals surface area contributed by atoms with Gasteiger partial charge < -0.3 is 0 Å². The molecular weight excluding hydrogens is 246 g/mol. The van der Waals surface area contributed by atoms with Gasteiger partial charge in [-0.3, -0.25) is 4.98 Å². The average Bonchev–Trinajstić information content (AvgIpc) is 2.56. The first-order valence-electron chi connectivity index (χ1n) is 4.68. The molecule has 0 bridgehead atoms. The third-order valence-corrected chi connectivity index (χ3v) is 14.3. The van der Waals surface area contributed by atoms with Gasteiger partial charge in [-0.1, -0.05) is 28.2 Å². The minimum Gasteiger partial charge on any atom is -0.261 e. The first kappa shape index (κ1) is 11.4. The fourth-order valence-electron chi connectivity index (χ4n) is 2.05. The number of fused-ring (bicyclic) bond motifs is 1. The van der Waals surface area contributed by atoms with Gasteiger partial charge in [0.1, 0.15) is 0 Å². The predicted octanol–water partition coefficient (Wildman–Crippen LogP) is 3.77. The molecule has 14 heavy (non-hydrogen) atoms. The third kappa shape index (κ3) is 2.03. The summed E-state index contributed by atoms with van der Waals surface area (Å²) in [5.41, 5.74) is 3.65. The Balaban J connectivity index is 2.25. The molecule has 2 rings (SSSR count). The van der Waals surface area contributed by atoms with Gasteiger partial charge in [0.05, 0.1) is 0 Å². The molecule has 1 nitrogen and oxygen atoms in total. The molecule has 1 aromatic heterocycles. The van der Waals surface area contributed by atoms with Crippen LogP contribution in [0.25, 0.3) is 0 Å². The first-order chi connectivity index (χ1) is 6.74. The SMILES string of the molecule is CC1c2ncccc2CC1P(P)PP. The van der Waals surface area contributed by atoms with Gasteiger partial charge in [0.25, 0.3) is 0 Å². The third-order valence-electron chi connectivity index (χ3n) is 2.87. The highest BCUT2D eigenvalue weighted by Gasteiger charge is 2.33. The maximum absolute atomic E-state index is 4.50. The quantitative estimate of drug-likeness (QED) is 0.738. The largest absolute Gasteiger partial charge is 0.261 e. The number of hydrogen-bond acceptors (Lipinski definition) is 1. The molecule has 0 saturated carbocycles. The minimum absolute atomic E-state index is 0.102. The van der Waals surface area contributed by atoms with E-state index in [2.05, 4.69) is 41.9 Å². The molecule has 1 aliphatic rings. The van der Waals surface area contributed by atoms with Crippen molar-refractivity contribution < 1.29 is 0 Å². The predicted molar refractivity (Wildman–Crippen MR) is 74.8 cm³/mol. The van der Waals surface area contributed by atoms with Crippen LogP contribution in [0, 0.1) is 0 Å². The van der Waals surface area contributed by atoms with Gasteiger partial charge in [-0.15, -0.1) is 17.9 Å². The molecule has 0 fully saturated rings. The van der Waals surface area contributed by atoms with Crippen molar-refractivity contribution in [2.24, 2.45) is 0 Å². The molecule has 1 aromatic rings. The van der Waals surface area contributed by atoms with Gasteiger partial charge in [0.15, 0.2) is 0 Å². The lowest BCUT2D eigenvalue weighted by Crippen LogP contribution is -2.05. The monoisotopic (exact) mass is 261 g/mol. The second-order valence-electron chi connectivity index (χ2n) is 3.64. The van der Waals surface area contributed by atoms with Crippen LogP contribution < -0.4 is 0 Å². The zero-order chi connectivity index (χ0) is 10.1. The highest BCUT2D eigenvalue weighted by molar-refractivity contribution is 8.61. The molecule has 0 spiro atoms. The summed E-state index contributed by atoms with van der Waals surface area (Å²) in [4.78, 5) is 4.50. The van der Waals surface area contributed by atoms with Gasteiger partial charge in [-0.25, -0.2) is 0 Å². The van der Waals surface area contributed by atoms with E-state index >= 15 is 0 Å².